The van der Waals surface area contributed by atoms with Crippen LogP contribution in [0.1, 0.15) is 44.3 Å². The number of halogens is 1. The van der Waals surface area contributed by atoms with Gasteiger partial charge < -0.3 is 4.74 Å². The van der Waals surface area contributed by atoms with Crippen molar-refractivity contribution < 1.29 is 4.74 Å². The fourth-order valence-electron chi connectivity index (χ4n) is 2.57. The normalized spacial score (nSPS) is 26.7. The van der Waals surface area contributed by atoms with Crippen LogP contribution in [0.3, 0.4) is 0 Å². The van der Waals surface area contributed by atoms with E-state index in [1.807, 2.05) is 0 Å². The molecule has 1 saturated carbocycles. The van der Waals surface area contributed by atoms with E-state index in [0.717, 1.165) is 5.33 Å². The van der Waals surface area contributed by atoms with Gasteiger partial charge in [0.2, 0.25) is 0 Å². The maximum absolute atomic E-state index is 6.29. The van der Waals surface area contributed by atoms with Crippen molar-refractivity contribution in [1.82, 2.24) is 0 Å². The largest absolute Gasteiger partial charge is 0.369 e. The lowest BCUT2D eigenvalue weighted by molar-refractivity contribution is -0.0468. The third-order valence-corrected chi connectivity index (χ3v) is 4.27. The van der Waals surface area contributed by atoms with E-state index in [1.165, 1.54) is 31.2 Å². The second-order valence-electron chi connectivity index (χ2n) is 4.99. The van der Waals surface area contributed by atoms with Gasteiger partial charge in [-0.3, -0.25) is 0 Å². The van der Waals surface area contributed by atoms with Gasteiger partial charge in [0.25, 0.3) is 0 Å². The molecule has 3 atom stereocenters. The number of rotatable bonds is 4. The summed E-state index contributed by atoms with van der Waals surface area (Å²) in [5.41, 5.74) is 1.28. The van der Waals surface area contributed by atoms with Crippen molar-refractivity contribution in [2.24, 2.45) is 5.92 Å². The lowest BCUT2D eigenvalue weighted by Gasteiger charge is -2.32. The fourth-order valence-corrected chi connectivity index (χ4v) is 3.09. The van der Waals surface area contributed by atoms with Crippen molar-refractivity contribution in [3.05, 3.63) is 35.9 Å². The molecule has 0 saturated heterocycles. The molecular weight excluding hydrogens is 276 g/mol. The predicted octanol–water partition coefficient (Wildman–Crippen LogP) is 4.72. The molecule has 2 heteroatoms. The highest BCUT2D eigenvalue weighted by atomic mass is 79.9. The predicted molar refractivity (Wildman–Crippen MR) is 75.5 cm³/mol. The molecule has 0 spiro atoms. The minimum absolute atomic E-state index is 0.196. The van der Waals surface area contributed by atoms with Crippen LogP contribution in [0, 0.1) is 5.92 Å². The Kier molecular flexibility index (Phi) is 5.05. The van der Waals surface area contributed by atoms with E-state index in [2.05, 4.69) is 53.2 Å². The van der Waals surface area contributed by atoms with Crippen LogP contribution in [0.4, 0.5) is 0 Å². The molecule has 3 unspecified atom stereocenters. The van der Waals surface area contributed by atoms with Crippen molar-refractivity contribution in [1.29, 1.82) is 0 Å². The number of benzene rings is 1. The summed E-state index contributed by atoms with van der Waals surface area (Å²) < 4.78 is 6.29. The van der Waals surface area contributed by atoms with Crippen LogP contribution in [0.25, 0.3) is 0 Å². The minimum atomic E-state index is 0.196. The second kappa shape index (κ2) is 6.55. The van der Waals surface area contributed by atoms with Crippen molar-refractivity contribution in [3.8, 4) is 0 Å². The number of hydrogen-bond donors (Lipinski definition) is 0. The number of ether oxygens (including phenoxy) is 1. The van der Waals surface area contributed by atoms with Gasteiger partial charge in [0.05, 0.1) is 12.2 Å². The van der Waals surface area contributed by atoms with Crippen LogP contribution in [0.5, 0.6) is 0 Å². The average Bonchev–Trinajstić information content (AvgIpc) is 2.39. The van der Waals surface area contributed by atoms with Crippen LogP contribution < -0.4 is 0 Å². The van der Waals surface area contributed by atoms with E-state index in [-0.39, 0.29) is 6.10 Å². The molecule has 1 aliphatic rings. The SMILES string of the molecule is CC1CCCCC1OC(CBr)c1ccccc1. The average molecular weight is 297 g/mol. The van der Waals surface area contributed by atoms with Gasteiger partial charge in [-0.05, 0) is 24.3 Å². The number of hydrogen-bond acceptors (Lipinski definition) is 1. The Labute approximate surface area is 113 Å². The summed E-state index contributed by atoms with van der Waals surface area (Å²) in [4.78, 5) is 0. The Morgan fingerprint density at radius 3 is 2.59 bits per heavy atom. The molecule has 1 aromatic rings. The van der Waals surface area contributed by atoms with Gasteiger partial charge in [0.15, 0.2) is 0 Å². The van der Waals surface area contributed by atoms with Crippen LogP contribution in [0.2, 0.25) is 0 Å². The zero-order valence-electron chi connectivity index (χ0n) is 10.4. The first-order valence-corrected chi connectivity index (χ1v) is 7.69. The van der Waals surface area contributed by atoms with Crippen LogP contribution in [0.15, 0.2) is 30.3 Å². The Morgan fingerprint density at radius 2 is 1.94 bits per heavy atom. The zero-order chi connectivity index (χ0) is 12.1. The lowest BCUT2D eigenvalue weighted by Crippen LogP contribution is -2.27. The van der Waals surface area contributed by atoms with Crippen molar-refractivity contribution in [2.45, 2.75) is 44.8 Å². The quantitative estimate of drug-likeness (QED) is 0.731. The molecule has 0 aliphatic heterocycles. The van der Waals surface area contributed by atoms with Crippen molar-refractivity contribution >= 4 is 15.9 Å². The van der Waals surface area contributed by atoms with Gasteiger partial charge in [-0.15, -0.1) is 0 Å². The van der Waals surface area contributed by atoms with Gasteiger partial charge in [0.1, 0.15) is 0 Å². The van der Waals surface area contributed by atoms with E-state index in [1.54, 1.807) is 0 Å². The topological polar surface area (TPSA) is 9.23 Å². The third kappa shape index (κ3) is 3.56. The molecule has 0 radical (unpaired) electrons. The standard InChI is InChI=1S/C15H21BrO/c1-12-7-5-6-10-14(12)17-15(11-16)13-8-3-2-4-9-13/h2-4,8-9,12,14-15H,5-7,10-11H2,1H3. The Morgan fingerprint density at radius 1 is 1.24 bits per heavy atom. The Hall–Kier alpha value is -0.340. The summed E-state index contributed by atoms with van der Waals surface area (Å²) in [5, 5.41) is 0.875. The third-order valence-electron chi connectivity index (χ3n) is 3.68. The summed E-state index contributed by atoms with van der Waals surface area (Å²) in [5.74, 6) is 0.703. The highest BCUT2D eigenvalue weighted by Gasteiger charge is 2.25. The molecule has 1 aliphatic carbocycles. The van der Waals surface area contributed by atoms with Gasteiger partial charge in [-0.1, -0.05) is 66.0 Å². The minimum Gasteiger partial charge on any atom is -0.369 e. The van der Waals surface area contributed by atoms with Gasteiger partial charge in [-0.25, -0.2) is 0 Å². The molecule has 0 heterocycles. The smallest absolute Gasteiger partial charge is 0.0925 e. The van der Waals surface area contributed by atoms with E-state index in [0.29, 0.717) is 12.0 Å². The molecule has 0 N–H and O–H groups in total. The van der Waals surface area contributed by atoms with E-state index < -0.39 is 0 Å². The highest BCUT2D eigenvalue weighted by Crippen LogP contribution is 2.31. The fraction of sp³-hybridized carbons (Fsp3) is 0.600. The first-order chi connectivity index (χ1) is 8.31. The first-order valence-electron chi connectivity index (χ1n) is 6.57. The van der Waals surface area contributed by atoms with Crippen molar-refractivity contribution in [2.75, 3.05) is 5.33 Å². The molecule has 1 fully saturated rings. The van der Waals surface area contributed by atoms with Gasteiger partial charge in [0, 0.05) is 5.33 Å². The maximum Gasteiger partial charge on any atom is 0.0925 e. The molecule has 2 rings (SSSR count). The molecule has 0 aromatic heterocycles. The summed E-state index contributed by atoms with van der Waals surface area (Å²) in [6.07, 6.45) is 5.85. The molecule has 17 heavy (non-hydrogen) atoms. The summed E-state index contributed by atoms with van der Waals surface area (Å²) >= 11 is 3.57. The summed E-state index contributed by atoms with van der Waals surface area (Å²) in [7, 11) is 0. The summed E-state index contributed by atoms with van der Waals surface area (Å²) in [6, 6.07) is 10.5. The lowest BCUT2D eigenvalue weighted by atomic mass is 9.88. The second-order valence-corrected chi connectivity index (χ2v) is 5.64. The van der Waals surface area contributed by atoms with Crippen LogP contribution in [-0.2, 0) is 4.74 Å². The monoisotopic (exact) mass is 296 g/mol. The highest BCUT2D eigenvalue weighted by molar-refractivity contribution is 9.09. The molecular formula is C15H21BrO. The van der Waals surface area contributed by atoms with E-state index in [9.17, 15) is 0 Å². The zero-order valence-corrected chi connectivity index (χ0v) is 12.0. The summed E-state index contributed by atoms with van der Waals surface area (Å²) in [6.45, 7) is 2.32. The van der Waals surface area contributed by atoms with Crippen molar-refractivity contribution in [3.63, 3.8) is 0 Å². The molecule has 0 bridgehead atoms. The van der Waals surface area contributed by atoms with E-state index >= 15 is 0 Å². The Balaban J connectivity index is 1.99. The molecule has 1 aromatic carbocycles. The maximum atomic E-state index is 6.29. The first kappa shape index (κ1) is 13.1. The molecule has 1 nitrogen and oxygen atoms in total. The van der Waals surface area contributed by atoms with Gasteiger partial charge >= 0.3 is 0 Å². The van der Waals surface area contributed by atoms with E-state index in [4.69, 9.17) is 4.74 Å². The van der Waals surface area contributed by atoms with Gasteiger partial charge in [-0.2, -0.15) is 0 Å². The van der Waals surface area contributed by atoms with Crippen LogP contribution in [-0.4, -0.2) is 11.4 Å². The Bertz CT molecular complexity index is 325. The van der Waals surface area contributed by atoms with Crippen LogP contribution >= 0.6 is 15.9 Å². The molecule has 94 valence electrons. The molecule has 0 amide bonds. The number of alkyl halides is 1.